The van der Waals surface area contributed by atoms with Crippen molar-refractivity contribution in [2.75, 3.05) is 12.3 Å². The second-order valence-corrected chi connectivity index (χ2v) is 5.84. The van der Waals surface area contributed by atoms with Crippen molar-refractivity contribution in [3.8, 4) is 0 Å². The zero-order valence-electron chi connectivity index (χ0n) is 9.35. The van der Waals surface area contributed by atoms with E-state index in [1.54, 1.807) is 6.92 Å². The van der Waals surface area contributed by atoms with Crippen molar-refractivity contribution in [2.45, 2.75) is 24.3 Å². The summed E-state index contributed by atoms with van der Waals surface area (Å²) in [5.41, 5.74) is 5.70. The molecular weight excluding hydrogens is 264 g/mol. The van der Waals surface area contributed by atoms with Gasteiger partial charge < -0.3 is 10.8 Å². The molecule has 0 fully saturated rings. The van der Waals surface area contributed by atoms with Gasteiger partial charge in [-0.3, -0.25) is 0 Å². The van der Waals surface area contributed by atoms with Gasteiger partial charge >= 0.3 is 0 Å². The third-order valence-electron chi connectivity index (χ3n) is 2.18. The van der Waals surface area contributed by atoms with Crippen LogP contribution in [0.25, 0.3) is 0 Å². The van der Waals surface area contributed by atoms with E-state index in [0.717, 1.165) is 0 Å². The number of hydrogen-bond donors (Lipinski definition) is 3. The Morgan fingerprint density at radius 3 is 2.71 bits per heavy atom. The van der Waals surface area contributed by atoms with Gasteiger partial charge in [0.2, 0.25) is 10.0 Å². The van der Waals surface area contributed by atoms with Gasteiger partial charge in [0.25, 0.3) is 0 Å². The summed E-state index contributed by atoms with van der Waals surface area (Å²) >= 11 is 5.69. The summed E-state index contributed by atoms with van der Waals surface area (Å²) in [5.74, 6) is 0. The van der Waals surface area contributed by atoms with Crippen LogP contribution in [-0.4, -0.2) is 26.2 Å². The van der Waals surface area contributed by atoms with E-state index in [4.69, 9.17) is 22.4 Å². The van der Waals surface area contributed by atoms with Crippen LogP contribution in [0, 0.1) is 0 Å². The number of halogens is 1. The highest BCUT2D eigenvalue weighted by molar-refractivity contribution is 7.89. The number of aliphatic hydroxyl groups is 1. The highest BCUT2D eigenvalue weighted by atomic mass is 35.5. The van der Waals surface area contributed by atoms with Crippen molar-refractivity contribution in [2.24, 2.45) is 0 Å². The predicted molar refractivity (Wildman–Crippen MR) is 67.4 cm³/mol. The molecule has 0 heterocycles. The van der Waals surface area contributed by atoms with Crippen molar-refractivity contribution >= 4 is 27.3 Å². The highest BCUT2D eigenvalue weighted by Crippen LogP contribution is 2.22. The first-order valence-corrected chi connectivity index (χ1v) is 6.91. The molecule has 0 aliphatic rings. The van der Waals surface area contributed by atoms with Gasteiger partial charge in [-0.1, -0.05) is 11.6 Å². The van der Waals surface area contributed by atoms with Gasteiger partial charge in [0.05, 0.1) is 5.69 Å². The van der Waals surface area contributed by atoms with Crippen LogP contribution < -0.4 is 10.5 Å². The first kappa shape index (κ1) is 14.2. The minimum absolute atomic E-state index is 0.00769. The highest BCUT2D eigenvalue weighted by Gasteiger charge is 2.19. The molecule has 1 rings (SSSR count). The lowest BCUT2D eigenvalue weighted by atomic mass is 10.3. The molecule has 1 unspecified atom stereocenters. The Hall–Kier alpha value is -0.820. The summed E-state index contributed by atoms with van der Waals surface area (Å²) in [6, 6.07) is 3.84. The number of hydrogen-bond acceptors (Lipinski definition) is 4. The number of anilines is 1. The Labute approximate surface area is 106 Å². The van der Waals surface area contributed by atoms with E-state index in [9.17, 15) is 8.42 Å². The lowest BCUT2D eigenvalue weighted by molar-refractivity contribution is 0.275. The van der Waals surface area contributed by atoms with Crippen molar-refractivity contribution in [3.05, 3.63) is 23.2 Å². The number of sulfonamides is 1. The normalized spacial score (nSPS) is 13.6. The van der Waals surface area contributed by atoms with Crippen molar-refractivity contribution in [1.82, 2.24) is 4.72 Å². The van der Waals surface area contributed by atoms with Crippen LogP contribution in [0.2, 0.25) is 5.02 Å². The van der Waals surface area contributed by atoms with Crippen LogP contribution in [0.4, 0.5) is 5.69 Å². The first-order valence-electron chi connectivity index (χ1n) is 5.05. The number of benzene rings is 1. The molecular formula is C10H15ClN2O3S. The Bertz CT molecular complexity index is 490. The number of rotatable bonds is 5. The lowest BCUT2D eigenvalue weighted by Crippen LogP contribution is -2.33. The number of nitrogens with two attached hydrogens (primary N) is 1. The SMILES string of the molecule is CC(CCO)NS(=O)(=O)c1ccc(Cl)cc1N. The molecule has 0 radical (unpaired) electrons. The topological polar surface area (TPSA) is 92.4 Å². The largest absolute Gasteiger partial charge is 0.398 e. The number of nitrogen functional groups attached to an aromatic ring is 1. The monoisotopic (exact) mass is 278 g/mol. The second-order valence-electron chi connectivity index (χ2n) is 3.72. The van der Waals surface area contributed by atoms with E-state index in [1.165, 1.54) is 18.2 Å². The zero-order chi connectivity index (χ0) is 13.1. The fraction of sp³-hybridized carbons (Fsp3) is 0.400. The van der Waals surface area contributed by atoms with Gasteiger partial charge in [0.15, 0.2) is 0 Å². The van der Waals surface area contributed by atoms with Crippen molar-refractivity contribution in [1.29, 1.82) is 0 Å². The van der Waals surface area contributed by atoms with Crippen molar-refractivity contribution in [3.63, 3.8) is 0 Å². The van der Waals surface area contributed by atoms with E-state index in [1.807, 2.05) is 0 Å². The minimum Gasteiger partial charge on any atom is -0.398 e. The van der Waals surface area contributed by atoms with Crippen LogP contribution in [0.15, 0.2) is 23.1 Å². The molecule has 0 aromatic heterocycles. The van der Waals surface area contributed by atoms with E-state index < -0.39 is 10.0 Å². The smallest absolute Gasteiger partial charge is 0.242 e. The Morgan fingerprint density at radius 2 is 2.18 bits per heavy atom. The van der Waals surface area contributed by atoms with E-state index in [0.29, 0.717) is 11.4 Å². The molecule has 0 bridgehead atoms. The van der Waals surface area contributed by atoms with E-state index in [-0.39, 0.29) is 23.2 Å². The van der Waals surface area contributed by atoms with Crippen LogP contribution in [0.3, 0.4) is 0 Å². The quantitative estimate of drug-likeness (QED) is 0.700. The maximum Gasteiger partial charge on any atom is 0.242 e. The lowest BCUT2D eigenvalue weighted by Gasteiger charge is -2.14. The molecule has 0 saturated carbocycles. The fourth-order valence-corrected chi connectivity index (χ4v) is 2.92. The van der Waals surface area contributed by atoms with Crippen molar-refractivity contribution < 1.29 is 13.5 Å². The molecule has 1 aromatic rings. The Kier molecular flexibility index (Phi) is 4.76. The maximum absolute atomic E-state index is 11.9. The molecule has 0 aliphatic carbocycles. The predicted octanol–water partition coefficient (Wildman–Crippen LogP) is 0.971. The van der Waals surface area contributed by atoms with Gasteiger partial charge in [-0.05, 0) is 31.5 Å². The fourth-order valence-electron chi connectivity index (χ4n) is 1.34. The summed E-state index contributed by atoms with van der Waals surface area (Å²) in [6.45, 7) is 1.58. The Balaban J connectivity index is 2.97. The second kappa shape index (κ2) is 5.68. The van der Waals surface area contributed by atoms with Crippen LogP contribution in [-0.2, 0) is 10.0 Å². The zero-order valence-corrected chi connectivity index (χ0v) is 10.9. The molecule has 7 heteroatoms. The average molecular weight is 279 g/mol. The molecule has 96 valence electrons. The van der Waals surface area contributed by atoms with Gasteiger partial charge in [0.1, 0.15) is 4.90 Å². The third-order valence-corrected chi connectivity index (χ3v) is 4.08. The van der Waals surface area contributed by atoms with Crippen LogP contribution >= 0.6 is 11.6 Å². The standard InChI is InChI=1S/C10H15ClN2O3S/c1-7(4-5-14)13-17(15,16)10-3-2-8(11)6-9(10)12/h2-3,6-7,13-14H,4-5,12H2,1H3. The van der Waals surface area contributed by atoms with Gasteiger partial charge in [-0.25, -0.2) is 13.1 Å². The molecule has 0 spiro atoms. The molecule has 1 atom stereocenters. The summed E-state index contributed by atoms with van der Waals surface area (Å²) in [5, 5.41) is 9.10. The summed E-state index contributed by atoms with van der Waals surface area (Å²) < 4.78 is 26.3. The molecule has 0 aliphatic heterocycles. The van der Waals surface area contributed by atoms with Gasteiger partial charge in [0, 0.05) is 17.7 Å². The summed E-state index contributed by atoms with van der Waals surface area (Å²) in [4.78, 5) is -0.00769. The summed E-state index contributed by atoms with van der Waals surface area (Å²) in [6.07, 6.45) is 0.340. The minimum atomic E-state index is -3.67. The molecule has 5 nitrogen and oxygen atoms in total. The van der Waals surface area contributed by atoms with Gasteiger partial charge in [-0.15, -0.1) is 0 Å². The van der Waals surface area contributed by atoms with Crippen LogP contribution in [0.5, 0.6) is 0 Å². The molecule has 0 amide bonds. The number of aliphatic hydroxyl groups excluding tert-OH is 1. The number of nitrogens with one attached hydrogen (secondary N) is 1. The Morgan fingerprint density at radius 1 is 1.53 bits per heavy atom. The molecule has 4 N–H and O–H groups in total. The van der Waals surface area contributed by atoms with Gasteiger partial charge in [-0.2, -0.15) is 0 Å². The molecule has 1 aromatic carbocycles. The van der Waals surface area contributed by atoms with E-state index >= 15 is 0 Å². The third kappa shape index (κ3) is 3.85. The first-order chi connectivity index (χ1) is 7.86. The van der Waals surface area contributed by atoms with Crippen LogP contribution in [0.1, 0.15) is 13.3 Å². The average Bonchev–Trinajstić information content (AvgIpc) is 2.15. The van der Waals surface area contributed by atoms with E-state index in [2.05, 4.69) is 4.72 Å². The molecule has 0 saturated heterocycles. The summed E-state index contributed by atoms with van der Waals surface area (Å²) in [7, 11) is -3.67. The molecule has 17 heavy (non-hydrogen) atoms. The maximum atomic E-state index is 11.9.